The van der Waals surface area contributed by atoms with Gasteiger partial charge < -0.3 is 0 Å². The Morgan fingerprint density at radius 3 is 2.08 bits per heavy atom. The van der Waals surface area contributed by atoms with Gasteiger partial charge in [0.15, 0.2) is 0 Å². The average molecular weight is 344 g/mol. The molecular formula is C25H28O. The molecule has 0 radical (unpaired) electrons. The molecule has 1 aliphatic carbocycles. The van der Waals surface area contributed by atoms with Gasteiger partial charge >= 0.3 is 0 Å². The van der Waals surface area contributed by atoms with Crippen LogP contribution in [0.1, 0.15) is 56.6 Å². The maximum absolute atomic E-state index is 12.7. The Kier molecular flexibility index (Phi) is 6.60. The van der Waals surface area contributed by atoms with Crippen molar-refractivity contribution in [2.24, 2.45) is 5.92 Å². The molecule has 1 heteroatoms. The zero-order chi connectivity index (χ0) is 18.2. The highest BCUT2D eigenvalue weighted by Gasteiger charge is 2.29. The Morgan fingerprint density at radius 2 is 1.46 bits per heavy atom. The van der Waals surface area contributed by atoms with Crippen molar-refractivity contribution in [1.82, 2.24) is 0 Å². The van der Waals surface area contributed by atoms with Crippen LogP contribution < -0.4 is 0 Å². The van der Waals surface area contributed by atoms with Crippen LogP contribution in [0.4, 0.5) is 0 Å². The summed E-state index contributed by atoms with van der Waals surface area (Å²) in [5.74, 6) is 0.457. The minimum atomic E-state index is 0.0467. The van der Waals surface area contributed by atoms with Crippen LogP contribution >= 0.6 is 0 Å². The first kappa shape index (κ1) is 18.4. The summed E-state index contributed by atoms with van der Waals surface area (Å²) in [6.07, 6.45) is 10.5. The van der Waals surface area contributed by atoms with Crippen molar-refractivity contribution in [1.29, 1.82) is 0 Å². The van der Waals surface area contributed by atoms with Crippen LogP contribution in [0.15, 0.2) is 71.8 Å². The molecule has 0 N–H and O–H groups in total. The molecule has 1 fully saturated rings. The van der Waals surface area contributed by atoms with Crippen LogP contribution in [0.3, 0.4) is 0 Å². The highest BCUT2D eigenvalue weighted by atomic mass is 16.1. The first-order valence-electron chi connectivity index (χ1n) is 9.83. The Balaban J connectivity index is 1.98. The number of Topliss-reactive ketones (excluding diaryl/α,β-unsaturated/α-hetero) is 1. The number of carbonyl (C=O) groups excluding carboxylic acids is 1. The van der Waals surface area contributed by atoms with Crippen molar-refractivity contribution in [2.45, 2.75) is 45.4 Å². The van der Waals surface area contributed by atoms with Crippen LogP contribution in [0.5, 0.6) is 0 Å². The van der Waals surface area contributed by atoms with E-state index in [2.05, 4.69) is 67.6 Å². The number of rotatable bonds is 6. The van der Waals surface area contributed by atoms with Gasteiger partial charge in [0.25, 0.3) is 0 Å². The summed E-state index contributed by atoms with van der Waals surface area (Å²) in [5, 5.41) is 0. The average Bonchev–Trinajstić information content (AvgIpc) is 2.68. The van der Waals surface area contributed by atoms with Crippen LogP contribution in [-0.2, 0) is 4.79 Å². The van der Waals surface area contributed by atoms with E-state index >= 15 is 0 Å². The fourth-order valence-corrected chi connectivity index (χ4v) is 3.72. The Bertz CT molecular complexity index is 768. The Hall–Kier alpha value is -2.41. The van der Waals surface area contributed by atoms with Gasteiger partial charge in [-0.1, -0.05) is 99.0 Å². The third-order valence-corrected chi connectivity index (χ3v) is 5.13. The summed E-state index contributed by atoms with van der Waals surface area (Å²) in [4.78, 5) is 12.7. The van der Waals surface area contributed by atoms with Gasteiger partial charge in [-0.3, -0.25) is 4.79 Å². The first-order chi connectivity index (χ1) is 12.8. The van der Waals surface area contributed by atoms with E-state index in [9.17, 15) is 4.79 Å². The largest absolute Gasteiger partial charge is 0.299 e. The fourth-order valence-electron chi connectivity index (χ4n) is 3.72. The third-order valence-electron chi connectivity index (χ3n) is 5.13. The number of ketones is 1. The Labute approximate surface area is 157 Å². The first-order valence-corrected chi connectivity index (χ1v) is 9.83. The maximum Gasteiger partial charge on any atom is 0.140 e. The van der Waals surface area contributed by atoms with Crippen molar-refractivity contribution in [3.63, 3.8) is 0 Å². The molecule has 0 aliphatic heterocycles. The third kappa shape index (κ3) is 4.82. The molecule has 0 spiro atoms. The summed E-state index contributed by atoms with van der Waals surface area (Å²) in [6, 6.07) is 20.8. The molecule has 1 aliphatic rings. The number of unbranched alkanes of at least 4 members (excludes halogenated alkanes) is 2. The lowest BCUT2D eigenvalue weighted by Gasteiger charge is -2.27. The smallest absolute Gasteiger partial charge is 0.140 e. The van der Waals surface area contributed by atoms with E-state index in [1.54, 1.807) is 0 Å². The monoisotopic (exact) mass is 344 g/mol. The second kappa shape index (κ2) is 9.33. The molecule has 0 saturated heterocycles. The van der Waals surface area contributed by atoms with Gasteiger partial charge in [-0.25, -0.2) is 0 Å². The van der Waals surface area contributed by atoms with Gasteiger partial charge in [0.2, 0.25) is 0 Å². The number of hydrogen-bond donors (Lipinski definition) is 0. The number of carbonyl (C=O) groups is 1. The lowest BCUT2D eigenvalue weighted by molar-refractivity contribution is -0.122. The molecule has 3 rings (SSSR count). The van der Waals surface area contributed by atoms with Gasteiger partial charge in [-0.15, -0.1) is 0 Å². The number of allylic oxidation sites excluding steroid dienone is 2. The molecule has 134 valence electrons. The molecule has 0 heterocycles. The normalized spacial score (nSPS) is 20.7. The summed E-state index contributed by atoms with van der Waals surface area (Å²) in [7, 11) is 0. The molecular weight excluding hydrogens is 316 g/mol. The highest BCUT2D eigenvalue weighted by molar-refractivity contribution is 5.90. The van der Waals surface area contributed by atoms with E-state index in [0.717, 1.165) is 19.3 Å². The molecule has 1 nitrogen and oxygen atoms in total. The second-order valence-electron chi connectivity index (χ2n) is 7.11. The van der Waals surface area contributed by atoms with Gasteiger partial charge in [-0.2, -0.15) is 0 Å². The molecule has 2 aromatic carbocycles. The quantitative estimate of drug-likeness (QED) is 0.532. The minimum absolute atomic E-state index is 0.0467. The molecule has 26 heavy (non-hydrogen) atoms. The molecule has 0 amide bonds. The maximum atomic E-state index is 12.7. The molecule has 1 saturated carbocycles. The standard InChI is InChI=1S/C25H28O/c1-2-3-6-15-23-24(19-21-13-9-5-10-14-21)22(16-17-25(23)26)18-20-11-7-4-8-12-20/h4-5,7-14,18-19,23H,2-3,6,15-17H2,1H3. The van der Waals surface area contributed by atoms with Crippen LogP contribution in [0, 0.1) is 5.92 Å². The fraction of sp³-hybridized carbons (Fsp3) is 0.320. The zero-order valence-electron chi connectivity index (χ0n) is 15.7. The second-order valence-corrected chi connectivity index (χ2v) is 7.11. The Morgan fingerprint density at radius 1 is 0.846 bits per heavy atom. The van der Waals surface area contributed by atoms with Crippen molar-refractivity contribution >= 4 is 17.9 Å². The summed E-state index contributed by atoms with van der Waals surface area (Å²) in [6.45, 7) is 2.21. The van der Waals surface area contributed by atoms with Gasteiger partial charge in [-0.05, 0) is 35.1 Å². The SMILES string of the molecule is CCCCCC1C(=O)CCC(=Cc2ccccc2)C1=Cc1ccccc1. The van der Waals surface area contributed by atoms with Crippen LogP contribution in [0.2, 0.25) is 0 Å². The minimum Gasteiger partial charge on any atom is -0.299 e. The molecule has 1 unspecified atom stereocenters. The zero-order valence-corrected chi connectivity index (χ0v) is 15.7. The van der Waals surface area contributed by atoms with E-state index in [-0.39, 0.29) is 5.92 Å². The molecule has 1 atom stereocenters. The van der Waals surface area contributed by atoms with E-state index in [1.807, 2.05) is 12.1 Å². The number of benzene rings is 2. The predicted octanol–water partition coefficient (Wildman–Crippen LogP) is 6.71. The molecule has 0 aromatic heterocycles. The van der Waals surface area contributed by atoms with E-state index in [4.69, 9.17) is 0 Å². The van der Waals surface area contributed by atoms with Crippen molar-refractivity contribution in [3.8, 4) is 0 Å². The van der Waals surface area contributed by atoms with Crippen LogP contribution in [0.25, 0.3) is 12.2 Å². The molecule has 2 aromatic rings. The van der Waals surface area contributed by atoms with Crippen LogP contribution in [-0.4, -0.2) is 5.78 Å². The summed E-state index contributed by atoms with van der Waals surface area (Å²) >= 11 is 0. The van der Waals surface area contributed by atoms with E-state index in [0.29, 0.717) is 12.2 Å². The van der Waals surface area contributed by atoms with E-state index in [1.165, 1.54) is 35.1 Å². The van der Waals surface area contributed by atoms with Crippen molar-refractivity contribution < 1.29 is 4.79 Å². The summed E-state index contributed by atoms with van der Waals surface area (Å²) in [5.41, 5.74) is 4.94. The van der Waals surface area contributed by atoms with E-state index < -0.39 is 0 Å². The van der Waals surface area contributed by atoms with Gasteiger partial charge in [0.05, 0.1) is 0 Å². The lowest BCUT2D eigenvalue weighted by atomic mass is 9.76. The molecule has 0 bridgehead atoms. The highest BCUT2D eigenvalue weighted by Crippen LogP contribution is 2.37. The lowest BCUT2D eigenvalue weighted by Crippen LogP contribution is -2.23. The summed E-state index contributed by atoms with van der Waals surface area (Å²) < 4.78 is 0. The van der Waals surface area contributed by atoms with Crippen molar-refractivity contribution in [2.75, 3.05) is 0 Å². The number of hydrogen-bond acceptors (Lipinski definition) is 1. The van der Waals surface area contributed by atoms with Crippen molar-refractivity contribution in [3.05, 3.63) is 82.9 Å². The predicted molar refractivity (Wildman–Crippen MR) is 111 cm³/mol. The van der Waals surface area contributed by atoms with Gasteiger partial charge in [0, 0.05) is 12.3 Å². The van der Waals surface area contributed by atoms with Gasteiger partial charge in [0.1, 0.15) is 5.78 Å². The topological polar surface area (TPSA) is 17.1 Å².